The second-order valence-corrected chi connectivity index (χ2v) is 10.3. The van der Waals surface area contributed by atoms with Gasteiger partial charge in [-0.25, -0.2) is 28.5 Å². The van der Waals surface area contributed by atoms with Crippen LogP contribution in [0.4, 0.5) is 11.6 Å². The van der Waals surface area contributed by atoms with Crippen molar-refractivity contribution < 1.29 is 8.42 Å². The van der Waals surface area contributed by atoms with E-state index in [-0.39, 0.29) is 4.90 Å². The molecule has 9 nitrogen and oxygen atoms in total. The first-order valence-corrected chi connectivity index (χ1v) is 12.5. The molecule has 11 heteroatoms. The van der Waals surface area contributed by atoms with Gasteiger partial charge in [0.15, 0.2) is 0 Å². The number of nitrogens with two attached hydrogens (primary N) is 1. The van der Waals surface area contributed by atoms with Gasteiger partial charge < -0.3 is 10.6 Å². The molecule has 3 aromatic rings. The second kappa shape index (κ2) is 8.24. The average Bonchev–Trinajstić information content (AvgIpc) is 3.17. The van der Waals surface area contributed by atoms with Crippen molar-refractivity contribution in [1.82, 2.24) is 25.2 Å². The molecule has 3 heterocycles. The van der Waals surface area contributed by atoms with Crippen molar-refractivity contribution in [3.8, 4) is 10.6 Å². The zero-order valence-corrected chi connectivity index (χ0v) is 18.5. The molecule has 2 aliphatic rings. The minimum absolute atomic E-state index is 0.0396. The van der Waals surface area contributed by atoms with Crippen molar-refractivity contribution in [1.29, 1.82) is 0 Å². The largest absolute Gasteiger partial charge is 0.324 e. The van der Waals surface area contributed by atoms with Gasteiger partial charge in [0.05, 0.1) is 27.7 Å². The number of aryl methyl sites for hydroxylation is 2. The lowest BCUT2D eigenvalue weighted by atomic mass is 10.00. The normalized spacial score (nSPS) is 16.5. The van der Waals surface area contributed by atoms with Crippen LogP contribution >= 0.6 is 11.3 Å². The van der Waals surface area contributed by atoms with Crippen LogP contribution in [0.3, 0.4) is 0 Å². The molecule has 4 N–H and O–H groups in total. The minimum atomic E-state index is -3.78. The summed E-state index contributed by atoms with van der Waals surface area (Å²) in [5.74, 6) is 0.412. The fraction of sp³-hybridized carbons (Fsp3) is 0.350. The summed E-state index contributed by atoms with van der Waals surface area (Å²) in [7, 11) is -3.78. The van der Waals surface area contributed by atoms with Crippen molar-refractivity contribution in [2.45, 2.75) is 24.3 Å². The van der Waals surface area contributed by atoms with Crippen LogP contribution in [0.25, 0.3) is 10.6 Å². The lowest BCUT2D eigenvalue weighted by Crippen LogP contribution is -2.42. The first-order chi connectivity index (χ1) is 15.0. The Morgan fingerprint density at radius 3 is 2.84 bits per heavy atom. The number of hydrogen-bond donors (Lipinski definition) is 3. The third kappa shape index (κ3) is 4.46. The van der Waals surface area contributed by atoms with Crippen LogP contribution in [0.5, 0.6) is 0 Å². The van der Waals surface area contributed by atoms with Crippen LogP contribution in [0.15, 0.2) is 35.4 Å². The first-order valence-electron chi connectivity index (χ1n) is 10.1. The molecule has 0 saturated carbocycles. The molecule has 2 aromatic heterocycles. The number of thiazole rings is 1. The van der Waals surface area contributed by atoms with Crippen LogP contribution in [-0.4, -0.2) is 54.4 Å². The van der Waals surface area contributed by atoms with Crippen LogP contribution < -0.4 is 15.8 Å². The van der Waals surface area contributed by atoms with Gasteiger partial charge in [0.2, 0.25) is 16.0 Å². The van der Waals surface area contributed by atoms with Crippen molar-refractivity contribution in [3.63, 3.8) is 0 Å². The van der Waals surface area contributed by atoms with Crippen molar-refractivity contribution in [3.05, 3.63) is 46.7 Å². The highest BCUT2D eigenvalue weighted by atomic mass is 32.2. The predicted molar refractivity (Wildman–Crippen MR) is 120 cm³/mol. The summed E-state index contributed by atoms with van der Waals surface area (Å²) in [4.78, 5) is 17.6. The Morgan fingerprint density at radius 1 is 1.19 bits per heavy atom. The van der Waals surface area contributed by atoms with E-state index in [1.807, 2.05) is 6.20 Å². The summed E-state index contributed by atoms with van der Waals surface area (Å²) in [6, 6.07) is 6.31. The summed E-state index contributed by atoms with van der Waals surface area (Å²) >= 11 is 1.71. The minimum Gasteiger partial charge on any atom is -0.324 e. The highest BCUT2D eigenvalue weighted by Crippen LogP contribution is 2.37. The molecule has 0 atom stereocenters. The van der Waals surface area contributed by atoms with Crippen LogP contribution in [0, 0.1) is 0 Å². The molecule has 0 radical (unpaired) electrons. The number of primary sulfonamides is 1. The van der Waals surface area contributed by atoms with Gasteiger partial charge in [0.25, 0.3) is 0 Å². The number of rotatable bonds is 5. The zero-order chi connectivity index (χ0) is 21.4. The Morgan fingerprint density at radius 2 is 2.03 bits per heavy atom. The fourth-order valence-corrected chi connectivity index (χ4v) is 5.60. The van der Waals surface area contributed by atoms with E-state index in [4.69, 9.17) is 15.1 Å². The molecule has 0 unspecified atom stereocenters. The molecule has 1 fully saturated rings. The van der Waals surface area contributed by atoms with Crippen molar-refractivity contribution in [2.75, 3.05) is 31.5 Å². The molecule has 1 aliphatic carbocycles. The Balaban J connectivity index is 1.41. The monoisotopic (exact) mass is 457 g/mol. The van der Waals surface area contributed by atoms with Gasteiger partial charge in [-0.1, -0.05) is 6.07 Å². The molecular formula is C20H23N7O2S2. The first kappa shape index (κ1) is 20.5. The maximum atomic E-state index is 11.6. The number of hydrogen-bond acceptors (Lipinski definition) is 9. The number of anilines is 2. The predicted octanol–water partition coefficient (Wildman–Crippen LogP) is 1.49. The maximum Gasteiger partial charge on any atom is 0.238 e. The quantitative estimate of drug-likeness (QED) is 0.526. The molecular weight excluding hydrogens is 434 g/mol. The Bertz CT molecular complexity index is 1220. The highest BCUT2D eigenvalue weighted by molar-refractivity contribution is 7.89. The Hall–Kier alpha value is -2.44. The SMILES string of the molecule is NS(=O)(=O)c1cccc(Nc2ncc3c(n2)-c2sc(CN4CCNCC4)nc2CC3)c1. The number of sulfonamides is 1. The zero-order valence-electron chi connectivity index (χ0n) is 16.8. The molecule has 5 rings (SSSR count). The van der Waals surface area contributed by atoms with Crippen LogP contribution in [0.1, 0.15) is 16.3 Å². The van der Waals surface area contributed by atoms with Crippen molar-refractivity contribution >= 4 is 33.0 Å². The van der Waals surface area contributed by atoms with Gasteiger partial charge in [-0.3, -0.25) is 4.90 Å². The molecule has 31 heavy (non-hydrogen) atoms. The fourth-order valence-electron chi connectivity index (χ4n) is 3.86. The molecule has 1 aliphatic heterocycles. The Kier molecular flexibility index (Phi) is 5.44. The average molecular weight is 458 g/mol. The Labute approximate surface area is 184 Å². The summed E-state index contributed by atoms with van der Waals surface area (Å²) in [5.41, 5.74) is 3.67. The summed E-state index contributed by atoms with van der Waals surface area (Å²) in [6.07, 6.45) is 3.60. The van der Waals surface area contributed by atoms with E-state index in [1.54, 1.807) is 23.5 Å². The van der Waals surface area contributed by atoms with Gasteiger partial charge in [-0.05, 0) is 36.6 Å². The van der Waals surface area contributed by atoms with E-state index in [0.29, 0.717) is 11.6 Å². The van der Waals surface area contributed by atoms with E-state index >= 15 is 0 Å². The molecule has 1 saturated heterocycles. The maximum absolute atomic E-state index is 11.6. The third-order valence-electron chi connectivity index (χ3n) is 5.44. The van der Waals surface area contributed by atoms with Gasteiger partial charge in [0, 0.05) is 38.1 Å². The number of benzene rings is 1. The van der Waals surface area contributed by atoms with E-state index in [0.717, 1.165) is 72.4 Å². The molecule has 1 aromatic carbocycles. The number of piperazine rings is 1. The molecule has 0 amide bonds. The van der Waals surface area contributed by atoms with E-state index in [2.05, 4.69) is 20.5 Å². The van der Waals surface area contributed by atoms with Gasteiger partial charge in [-0.2, -0.15) is 0 Å². The summed E-state index contributed by atoms with van der Waals surface area (Å²) in [6.45, 7) is 4.97. The number of fused-ring (bicyclic) bond motifs is 3. The number of nitrogens with zero attached hydrogens (tertiary/aromatic N) is 4. The topological polar surface area (TPSA) is 126 Å². The molecule has 162 valence electrons. The van der Waals surface area contributed by atoms with Crippen molar-refractivity contribution in [2.24, 2.45) is 5.14 Å². The molecule has 0 spiro atoms. The van der Waals surface area contributed by atoms with Crippen LogP contribution in [0.2, 0.25) is 0 Å². The number of aromatic nitrogens is 3. The lowest BCUT2D eigenvalue weighted by molar-refractivity contribution is 0.233. The number of nitrogens with one attached hydrogen (secondary N) is 2. The lowest BCUT2D eigenvalue weighted by Gasteiger charge is -2.26. The highest BCUT2D eigenvalue weighted by Gasteiger charge is 2.24. The van der Waals surface area contributed by atoms with Gasteiger partial charge in [-0.15, -0.1) is 11.3 Å². The third-order valence-corrected chi connectivity index (χ3v) is 7.44. The standard InChI is InChI=1S/C20H23N7O2S2/c21-31(28,29)15-3-1-2-14(10-15)24-20-23-11-13-4-5-16-19(18(13)26-20)30-17(25-16)12-27-8-6-22-7-9-27/h1-3,10-11,22H,4-9,12H2,(H2,21,28,29)(H,23,24,26). The van der Waals surface area contributed by atoms with E-state index < -0.39 is 10.0 Å². The summed E-state index contributed by atoms with van der Waals surface area (Å²) < 4.78 is 23.2. The second-order valence-electron chi connectivity index (χ2n) is 7.67. The van der Waals surface area contributed by atoms with Crippen LogP contribution in [-0.2, 0) is 29.4 Å². The van der Waals surface area contributed by atoms with Gasteiger partial charge >= 0.3 is 0 Å². The van der Waals surface area contributed by atoms with Gasteiger partial charge in [0.1, 0.15) is 5.01 Å². The van der Waals surface area contributed by atoms with E-state index in [9.17, 15) is 8.42 Å². The van der Waals surface area contributed by atoms with E-state index in [1.165, 1.54) is 12.1 Å². The molecule has 0 bridgehead atoms. The summed E-state index contributed by atoms with van der Waals surface area (Å²) in [5, 5.41) is 12.8. The smallest absolute Gasteiger partial charge is 0.238 e.